The number of anilines is 2. The summed E-state index contributed by atoms with van der Waals surface area (Å²) in [6.07, 6.45) is 8.86. The molecule has 0 saturated carbocycles. The maximum Gasteiger partial charge on any atom is 0.244 e. The van der Waals surface area contributed by atoms with Crippen LogP contribution in [0.1, 0.15) is 49.5 Å². The minimum absolute atomic E-state index is 0.303. The molecule has 7 N–H and O–H groups in total. The second kappa shape index (κ2) is 13.4. The van der Waals surface area contributed by atoms with Gasteiger partial charge in [-0.05, 0) is 49.2 Å². The molecular formula is C27H32Cl2N8O2. The lowest BCUT2D eigenvalue weighted by Crippen LogP contribution is -2.30. The zero-order valence-corrected chi connectivity index (χ0v) is 23.1. The van der Waals surface area contributed by atoms with Crippen molar-refractivity contribution in [3.63, 3.8) is 0 Å². The van der Waals surface area contributed by atoms with E-state index in [4.69, 9.17) is 44.6 Å². The highest BCUT2D eigenvalue weighted by atomic mass is 35.5. The van der Waals surface area contributed by atoms with E-state index in [0.29, 0.717) is 51.7 Å². The molecule has 2 heterocycles. The SMILES string of the molecule is CNc1ccc2c(c1)OCCCCCC[C@H](NC(=O)/C=C/c1cc(Cl)ccc1N(N)/C=N\N)c1nc-2c(Cl)[nH]1. The summed E-state index contributed by atoms with van der Waals surface area (Å²) in [5.41, 5.74) is 3.48. The van der Waals surface area contributed by atoms with Crippen LogP contribution < -0.4 is 32.1 Å². The van der Waals surface area contributed by atoms with E-state index in [-0.39, 0.29) is 11.9 Å². The van der Waals surface area contributed by atoms with Crippen molar-refractivity contribution in [2.24, 2.45) is 16.8 Å². The first-order valence-electron chi connectivity index (χ1n) is 12.7. The molecule has 0 saturated heterocycles. The number of benzene rings is 2. The number of carbonyl (C=O) groups is 1. The first-order chi connectivity index (χ1) is 18.9. The predicted octanol–water partition coefficient (Wildman–Crippen LogP) is 5.22. The molecule has 206 valence electrons. The normalized spacial score (nSPS) is 16.1. The summed E-state index contributed by atoms with van der Waals surface area (Å²) in [5, 5.41) is 11.8. The lowest BCUT2D eigenvalue weighted by Gasteiger charge is -2.17. The molecule has 0 unspecified atom stereocenters. The van der Waals surface area contributed by atoms with Crippen LogP contribution in [0.2, 0.25) is 10.2 Å². The number of amides is 1. The van der Waals surface area contributed by atoms with Crippen molar-refractivity contribution in [2.75, 3.05) is 24.0 Å². The summed E-state index contributed by atoms with van der Waals surface area (Å²) >= 11 is 12.8. The van der Waals surface area contributed by atoms with Crippen molar-refractivity contribution in [1.82, 2.24) is 15.3 Å². The molecule has 2 aromatic carbocycles. The van der Waals surface area contributed by atoms with Crippen LogP contribution in [0.4, 0.5) is 11.4 Å². The van der Waals surface area contributed by atoms with Crippen molar-refractivity contribution < 1.29 is 9.53 Å². The highest BCUT2D eigenvalue weighted by Crippen LogP contribution is 2.37. The number of imidazole rings is 1. The fourth-order valence-electron chi connectivity index (χ4n) is 4.38. The number of aromatic amines is 1. The van der Waals surface area contributed by atoms with E-state index in [2.05, 4.69) is 20.7 Å². The zero-order valence-electron chi connectivity index (χ0n) is 21.6. The molecule has 0 spiro atoms. The van der Waals surface area contributed by atoms with Crippen LogP contribution in [-0.2, 0) is 4.79 Å². The summed E-state index contributed by atoms with van der Waals surface area (Å²) in [6, 6.07) is 10.5. The van der Waals surface area contributed by atoms with Crippen molar-refractivity contribution in [2.45, 2.75) is 38.1 Å². The van der Waals surface area contributed by atoms with Gasteiger partial charge in [-0.1, -0.05) is 42.5 Å². The minimum Gasteiger partial charge on any atom is -0.493 e. The number of nitrogens with one attached hydrogen (secondary N) is 3. The summed E-state index contributed by atoms with van der Waals surface area (Å²) < 4.78 is 6.11. The lowest BCUT2D eigenvalue weighted by atomic mass is 10.1. The van der Waals surface area contributed by atoms with E-state index in [1.807, 2.05) is 25.2 Å². The Hall–Kier alpha value is -3.73. The van der Waals surface area contributed by atoms with Gasteiger partial charge < -0.3 is 26.2 Å². The average Bonchev–Trinajstić information content (AvgIpc) is 3.31. The second-order valence-electron chi connectivity index (χ2n) is 9.07. The van der Waals surface area contributed by atoms with Gasteiger partial charge in [0.1, 0.15) is 28.8 Å². The first-order valence-corrected chi connectivity index (χ1v) is 13.4. The smallest absolute Gasteiger partial charge is 0.244 e. The minimum atomic E-state index is -0.371. The van der Waals surface area contributed by atoms with Crippen LogP contribution in [0, 0.1) is 0 Å². The van der Waals surface area contributed by atoms with Crippen LogP contribution in [0.25, 0.3) is 17.3 Å². The molecule has 0 radical (unpaired) electrons. The van der Waals surface area contributed by atoms with Gasteiger partial charge in [0, 0.05) is 41.0 Å². The summed E-state index contributed by atoms with van der Waals surface area (Å²) in [6.45, 7) is 0.600. The number of nitrogens with zero attached hydrogens (tertiary/aromatic N) is 3. The van der Waals surface area contributed by atoms with Gasteiger partial charge in [-0.3, -0.25) is 9.80 Å². The highest BCUT2D eigenvalue weighted by Gasteiger charge is 2.22. The molecule has 0 aliphatic carbocycles. The van der Waals surface area contributed by atoms with Gasteiger partial charge in [0.2, 0.25) is 5.91 Å². The number of halogens is 2. The van der Waals surface area contributed by atoms with Crippen LogP contribution in [0.5, 0.6) is 5.75 Å². The number of ether oxygens (including phenoxy) is 1. The Morgan fingerprint density at radius 1 is 1.21 bits per heavy atom. The van der Waals surface area contributed by atoms with E-state index in [9.17, 15) is 4.79 Å². The third-order valence-electron chi connectivity index (χ3n) is 6.37. The number of nitrogens with two attached hydrogens (primary N) is 2. The fourth-order valence-corrected chi connectivity index (χ4v) is 4.80. The first kappa shape index (κ1) is 28.3. The molecule has 2 bridgehead atoms. The molecule has 12 heteroatoms. The second-order valence-corrected chi connectivity index (χ2v) is 9.88. The van der Waals surface area contributed by atoms with Crippen LogP contribution in [0.15, 0.2) is 47.6 Å². The number of aromatic nitrogens is 2. The number of carbonyl (C=O) groups excluding carboxylic acids is 1. The van der Waals surface area contributed by atoms with Crippen LogP contribution in [-0.4, -0.2) is 35.9 Å². The van der Waals surface area contributed by atoms with Gasteiger partial charge in [-0.15, -0.1) is 0 Å². The van der Waals surface area contributed by atoms with Gasteiger partial charge in [0.15, 0.2) is 0 Å². The van der Waals surface area contributed by atoms with Crippen molar-refractivity contribution in [1.29, 1.82) is 0 Å². The molecule has 4 rings (SSSR count). The quantitative estimate of drug-likeness (QED) is 0.0896. The van der Waals surface area contributed by atoms with Gasteiger partial charge >= 0.3 is 0 Å². The summed E-state index contributed by atoms with van der Waals surface area (Å²) in [5.74, 6) is 12.2. The predicted molar refractivity (Wildman–Crippen MR) is 158 cm³/mol. The molecule has 1 amide bonds. The lowest BCUT2D eigenvalue weighted by molar-refractivity contribution is -0.117. The standard InChI is InChI=1S/C27H32Cl2N8O2/c1-32-19-9-10-20-23(15-19)39-13-5-3-2-4-6-21(27-35-25(20)26(29)36-27)34-24(38)12-7-17-14-18(28)8-11-22(17)37(31)16-33-30/h7-12,14-16,21,32H,2-6,13,30-31H2,1H3,(H,34,38)(H,35,36)/b12-7+,33-16-/t21-/m0/s1. The Balaban J connectivity index is 1.60. The van der Waals surface area contributed by atoms with Crippen LogP contribution >= 0.6 is 23.2 Å². The van der Waals surface area contributed by atoms with Crippen molar-refractivity contribution in [3.8, 4) is 17.0 Å². The zero-order chi connectivity index (χ0) is 27.8. The fraction of sp³-hybridized carbons (Fsp3) is 0.296. The number of hydrazine groups is 1. The molecular weight excluding hydrogens is 539 g/mol. The van der Waals surface area contributed by atoms with Crippen molar-refractivity contribution in [3.05, 3.63) is 64.0 Å². The van der Waals surface area contributed by atoms with E-state index in [1.165, 1.54) is 17.4 Å². The third kappa shape index (κ3) is 7.23. The molecule has 39 heavy (non-hydrogen) atoms. The number of H-pyrrole nitrogens is 1. The Labute approximate surface area is 237 Å². The van der Waals surface area contributed by atoms with E-state index < -0.39 is 0 Å². The maximum atomic E-state index is 13.1. The largest absolute Gasteiger partial charge is 0.493 e. The number of rotatable bonds is 6. The average molecular weight is 572 g/mol. The number of hydrogen-bond donors (Lipinski definition) is 5. The Morgan fingerprint density at radius 3 is 2.82 bits per heavy atom. The molecule has 1 aromatic heterocycles. The highest BCUT2D eigenvalue weighted by molar-refractivity contribution is 6.32. The van der Waals surface area contributed by atoms with Gasteiger partial charge in [0.25, 0.3) is 0 Å². The monoisotopic (exact) mass is 570 g/mol. The number of hydrazone groups is 1. The van der Waals surface area contributed by atoms with Gasteiger partial charge in [0.05, 0.1) is 18.3 Å². The van der Waals surface area contributed by atoms with Crippen molar-refractivity contribution >= 4 is 52.9 Å². The van der Waals surface area contributed by atoms with E-state index in [0.717, 1.165) is 36.9 Å². The van der Waals surface area contributed by atoms with Gasteiger partial charge in [-0.2, -0.15) is 5.10 Å². The summed E-state index contributed by atoms with van der Waals surface area (Å²) in [4.78, 5) is 21.0. The van der Waals surface area contributed by atoms with Crippen LogP contribution in [0.3, 0.4) is 0 Å². The number of hydrogen-bond acceptors (Lipinski definition) is 7. The Kier molecular flexibility index (Phi) is 9.69. The van der Waals surface area contributed by atoms with Gasteiger partial charge in [-0.25, -0.2) is 10.8 Å². The molecule has 3 aromatic rings. The topological polar surface area (TPSA) is 147 Å². The molecule has 0 fully saturated rings. The summed E-state index contributed by atoms with van der Waals surface area (Å²) in [7, 11) is 1.86. The number of fused-ring (bicyclic) bond motifs is 4. The maximum absolute atomic E-state index is 13.1. The molecule has 1 aliphatic heterocycles. The van der Waals surface area contributed by atoms with E-state index in [1.54, 1.807) is 24.3 Å². The Bertz CT molecular complexity index is 1360. The third-order valence-corrected chi connectivity index (χ3v) is 6.88. The molecule has 1 atom stereocenters. The Morgan fingerprint density at radius 2 is 2.03 bits per heavy atom. The molecule has 10 nitrogen and oxygen atoms in total. The van der Waals surface area contributed by atoms with E-state index >= 15 is 0 Å². The molecule has 1 aliphatic rings.